The molecule has 1 unspecified atom stereocenters. The van der Waals surface area contributed by atoms with E-state index in [1.165, 1.54) is 0 Å². The van der Waals surface area contributed by atoms with Crippen LogP contribution >= 0.6 is 11.8 Å². The van der Waals surface area contributed by atoms with Crippen LogP contribution in [0.25, 0.3) is 0 Å². The van der Waals surface area contributed by atoms with Crippen molar-refractivity contribution in [1.29, 1.82) is 0 Å². The summed E-state index contributed by atoms with van der Waals surface area (Å²) in [5.41, 5.74) is -5.33. The summed E-state index contributed by atoms with van der Waals surface area (Å²) in [5.74, 6) is 0.835. The lowest BCUT2D eigenvalue weighted by Gasteiger charge is -2.26. The fourth-order valence-corrected chi connectivity index (χ4v) is 1.79. The van der Waals surface area contributed by atoms with Gasteiger partial charge in [0.1, 0.15) is 6.61 Å². The lowest BCUT2D eigenvalue weighted by atomic mass is 10.3. The van der Waals surface area contributed by atoms with Crippen LogP contribution in [0.4, 0.5) is 13.2 Å². The Morgan fingerprint density at radius 2 is 1.87 bits per heavy atom. The fourth-order valence-electron chi connectivity index (χ4n) is 1.21. The molecule has 15 heavy (non-hydrogen) atoms. The van der Waals surface area contributed by atoms with Gasteiger partial charge >= 0.3 is 5.51 Å². The number of rotatable bonds is 1. The molecule has 2 nitrogen and oxygen atoms in total. The maximum Gasteiger partial charge on any atom is 0.445 e. The number of thioether (sulfide) groups is 1. The number of halogens is 3. The molecule has 82 valence electrons. The third-order valence-corrected chi connectivity index (χ3v) is 2.51. The van der Waals surface area contributed by atoms with Crippen molar-refractivity contribution in [3.05, 3.63) is 24.3 Å². The van der Waals surface area contributed by atoms with Crippen LogP contribution in [-0.2, 0) is 0 Å². The minimum Gasteiger partial charge on any atom is -0.485 e. The first kappa shape index (κ1) is 10.5. The molecule has 1 heterocycles. The molecule has 1 atom stereocenters. The van der Waals surface area contributed by atoms with Crippen molar-refractivity contribution >= 4 is 11.8 Å². The first-order valence-corrected chi connectivity index (χ1v) is 5.05. The third-order valence-electron chi connectivity index (χ3n) is 1.75. The molecule has 0 radical (unpaired) electrons. The second kappa shape index (κ2) is 3.84. The summed E-state index contributed by atoms with van der Waals surface area (Å²) in [6.45, 7) is -0.0960. The van der Waals surface area contributed by atoms with E-state index in [1.807, 2.05) is 0 Å². The molecule has 1 aromatic rings. The standard InChI is InChI=1S/C9H7F3O2S/c10-9(11,12)15-8-5-13-6-3-1-2-4-7(6)14-8/h1-4,8H,5H2. The molecular formula is C9H7F3O2S. The Balaban J connectivity index is 2.06. The molecule has 1 aromatic carbocycles. The Kier molecular flexibility index (Phi) is 2.68. The second-order valence-electron chi connectivity index (χ2n) is 2.87. The normalized spacial score (nSPS) is 20.1. The van der Waals surface area contributed by atoms with Crippen LogP contribution in [0.1, 0.15) is 0 Å². The van der Waals surface area contributed by atoms with Crippen molar-refractivity contribution in [3.63, 3.8) is 0 Å². The lowest BCUT2D eigenvalue weighted by Crippen LogP contribution is -2.28. The first-order valence-electron chi connectivity index (χ1n) is 4.17. The number of ether oxygens (including phenoxy) is 2. The topological polar surface area (TPSA) is 18.5 Å². The van der Waals surface area contributed by atoms with Gasteiger partial charge in [-0.3, -0.25) is 0 Å². The van der Waals surface area contributed by atoms with Gasteiger partial charge < -0.3 is 9.47 Å². The SMILES string of the molecule is FC(F)(F)SC1COc2ccccc2O1. The minimum atomic E-state index is -4.31. The van der Waals surface area contributed by atoms with Gasteiger partial charge in [-0.15, -0.1) is 0 Å². The number of benzene rings is 1. The molecule has 0 spiro atoms. The molecule has 0 bridgehead atoms. The quantitative estimate of drug-likeness (QED) is 0.746. The van der Waals surface area contributed by atoms with Crippen LogP contribution in [0.3, 0.4) is 0 Å². The first-order chi connectivity index (χ1) is 7.04. The van der Waals surface area contributed by atoms with Crippen LogP contribution in [-0.4, -0.2) is 17.6 Å². The van der Waals surface area contributed by atoms with Gasteiger partial charge in [-0.2, -0.15) is 13.2 Å². The average Bonchev–Trinajstić information content (AvgIpc) is 2.15. The zero-order chi connectivity index (χ0) is 10.9. The number of hydrogen-bond donors (Lipinski definition) is 0. The molecule has 0 aliphatic carbocycles. The smallest absolute Gasteiger partial charge is 0.445 e. The number of hydrogen-bond acceptors (Lipinski definition) is 3. The largest absolute Gasteiger partial charge is 0.485 e. The van der Waals surface area contributed by atoms with E-state index in [2.05, 4.69) is 0 Å². The molecule has 1 aliphatic heterocycles. The van der Waals surface area contributed by atoms with Gasteiger partial charge in [0.15, 0.2) is 16.9 Å². The van der Waals surface area contributed by atoms with E-state index < -0.39 is 10.9 Å². The van der Waals surface area contributed by atoms with E-state index in [-0.39, 0.29) is 18.4 Å². The average molecular weight is 236 g/mol. The summed E-state index contributed by atoms with van der Waals surface area (Å²) in [5, 5.41) is 0. The third kappa shape index (κ3) is 2.71. The maximum atomic E-state index is 12.0. The molecule has 0 saturated carbocycles. The molecule has 0 fully saturated rings. The molecule has 0 saturated heterocycles. The Morgan fingerprint density at radius 3 is 2.53 bits per heavy atom. The highest BCUT2D eigenvalue weighted by Crippen LogP contribution is 2.39. The number of fused-ring (bicyclic) bond motifs is 1. The number of alkyl halides is 3. The van der Waals surface area contributed by atoms with Gasteiger partial charge in [-0.05, 0) is 23.9 Å². The van der Waals surface area contributed by atoms with Gasteiger partial charge in [0.25, 0.3) is 0 Å². The predicted molar refractivity (Wildman–Crippen MR) is 50.0 cm³/mol. The van der Waals surface area contributed by atoms with Crippen molar-refractivity contribution in [2.45, 2.75) is 10.9 Å². The Bertz CT molecular complexity index is 353. The van der Waals surface area contributed by atoms with E-state index in [0.717, 1.165) is 0 Å². The van der Waals surface area contributed by atoms with Gasteiger partial charge in [0.2, 0.25) is 0 Å². The van der Waals surface area contributed by atoms with Gasteiger partial charge in [-0.25, -0.2) is 0 Å². The van der Waals surface area contributed by atoms with Gasteiger partial charge in [0.05, 0.1) is 0 Å². The summed E-state index contributed by atoms with van der Waals surface area (Å²) >= 11 is -0.206. The molecule has 0 aromatic heterocycles. The fraction of sp³-hybridized carbons (Fsp3) is 0.333. The van der Waals surface area contributed by atoms with Crippen molar-refractivity contribution < 1.29 is 22.6 Å². The number of para-hydroxylation sites is 2. The van der Waals surface area contributed by atoms with Gasteiger partial charge in [-0.1, -0.05) is 12.1 Å². The zero-order valence-electron chi connectivity index (χ0n) is 7.45. The molecule has 1 aliphatic rings. The van der Waals surface area contributed by atoms with Crippen LogP contribution in [0.2, 0.25) is 0 Å². The van der Waals surface area contributed by atoms with Crippen LogP contribution in [0.15, 0.2) is 24.3 Å². The van der Waals surface area contributed by atoms with E-state index in [9.17, 15) is 13.2 Å². The summed E-state index contributed by atoms with van der Waals surface area (Å²) in [6.07, 6.45) is 0. The van der Waals surface area contributed by atoms with Crippen LogP contribution in [0.5, 0.6) is 11.5 Å². The predicted octanol–water partition coefficient (Wildman–Crippen LogP) is 3.04. The minimum absolute atomic E-state index is 0.0960. The molecule has 0 N–H and O–H groups in total. The van der Waals surface area contributed by atoms with Crippen molar-refractivity contribution in [1.82, 2.24) is 0 Å². The van der Waals surface area contributed by atoms with Crippen molar-refractivity contribution in [2.75, 3.05) is 6.61 Å². The van der Waals surface area contributed by atoms with E-state index >= 15 is 0 Å². The highest BCUT2D eigenvalue weighted by molar-refractivity contribution is 8.00. The van der Waals surface area contributed by atoms with Crippen LogP contribution in [0, 0.1) is 0 Å². The lowest BCUT2D eigenvalue weighted by molar-refractivity contribution is -0.0362. The highest BCUT2D eigenvalue weighted by Gasteiger charge is 2.36. The molecular weight excluding hydrogens is 229 g/mol. The summed E-state index contributed by atoms with van der Waals surface area (Å²) in [4.78, 5) is 0. The molecule has 2 rings (SSSR count). The Labute approximate surface area is 88.4 Å². The summed E-state index contributed by atoms with van der Waals surface area (Å²) in [6, 6.07) is 6.66. The van der Waals surface area contributed by atoms with Crippen molar-refractivity contribution in [3.8, 4) is 11.5 Å². The monoisotopic (exact) mass is 236 g/mol. The summed E-state index contributed by atoms with van der Waals surface area (Å²) in [7, 11) is 0. The Hall–Kier alpha value is -1.04. The zero-order valence-corrected chi connectivity index (χ0v) is 8.27. The highest BCUT2D eigenvalue weighted by atomic mass is 32.2. The van der Waals surface area contributed by atoms with E-state index in [1.54, 1.807) is 24.3 Å². The molecule has 6 heteroatoms. The van der Waals surface area contributed by atoms with E-state index in [0.29, 0.717) is 11.5 Å². The van der Waals surface area contributed by atoms with Crippen LogP contribution < -0.4 is 9.47 Å². The maximum absolute atomic E-state index is 12.0. The second-order valence-corrected chi connectivity index (χ2v) is 4.09. The van der Waals surface area contributed by atoms with E-state index in [4.69, 9.17) is 9.47 Å². The molecule has 0 amide bonds. The van der Waals surface area contributed by atoms with Gasteiger partial charge in [0, 0.05) is 0 Å². The Morgan fingerprint density at radius 1 is 1.20 bits per heavy atom. The summed E-state index contributed by atoms with van der Waals surface area (Å²) < 4.78 is 46.4. The van der Waals surface area contributed by atoms with Crippen molar-refractivity contribution in [2.24, 2.45) is 0 Å².